The summed E-state index contributed by atoms with van der Waals surface area (Å²) in [5.41, 5.74) is 2.87. The van der Waals surface area contributed by atoms with Gasteiger partial charge in [0.05, 0.1) is 30.9 Å². The van der Waals surface area contributed by atoms with E-state index in [4.69, 9.17) is 9.47 Å². The third-order valence-corrected chi connectivity index (χ3v) is 6.42. The van der Waals surface area contributed by atoms with E-state index in [0.29, 0.717) is 35.7 Å². The molecule has 2 saturated heterocycles. The third kappa shape index (κ3) is 7.43. The predicted molar refractivity (Wildman–Crippen MR) is 143 cm³/mol. The summed E-state index contributed by atoms with van der Waals surface area (Å²) in [5.74, 6) is -0.568. The molecule has 0 atom stereocenters. The highest BCUT2D eigenvalue weighted by Crippen LogP contribution is 2.28. The van der Waals surface area contributed by atoms with Gasteiger partial charge in [0.15, 0.2) is 0 Å². The number of morpholine rings is 1. The molecule has 2 fully saturated rings. The number of urea groups is 1. The minimum atomic E-state index is -0.448. The van der Waals surface area contributed by atoms with E-state index in [1.165, 1.54) is 0 Å². The highest BCUT2D eigenvalue weighted by molar-refractivity contribution is 6.04. The van der Waals surface area contributed by atoms with Crippen molar-refractivity contribution in [1.29, 1.82) is 0 Å². The number of nitrogens with zero attached hydrogens (tertiary/aromatic N) is 2. The zero-order valence-corrected chi connectivity index (χ0v) is 21.3. The Balaban J connectivity index is 1.39. The monoisotopic (exact) mass is 509 g/mol. The fourth-order valence-electron chi connectivity index (χ4n) is 4.47. The van der Waals surface area contributed by atoms with Crippen LogP contribution < -0.4 is 20.9 Å². The van der Waals surface area contributed by atoms with Gasteiger partial charge in [-0.3, -0.25) is 9.69 Å². The molecular formula is C27H35N5O5. The van der Waals surface area contributed by atoms with E-state index in [9.17, 15) is 14.4 Å². The second-order valence-electron chi connectivity index (χ2n) is 9.01. The number of carbonyl (C=O) groups is 3. The molecule has 4 rings (SSSR count). The van der Waals surface area contributed by atoms with Crippen LogP contribution in [0.2, 0.25) is 0 Å². The van der Waals surface area contributed by atoms with Gasteiger partial charge >= 0.3 is 12.0 Å². The molecule has 2 aliphatic heterocycles. The largest absolute Gasteiger partial charge is 0.462 e. The number of esters is 1. The molecule has 2 aliphatic rings. The van der Waals surface area contributed by atoms with Crippen molar-refractivity contribution in [2.24, 2.45) is 0 Å². The summed E-state index contributed by atoms with van der Waals surface area (Å²) < 4.78 is 10.4. The molecule has 10 nitrogen and oxygen atoms in total. The Morgan fingerprint density at radius 1 is 0.919 bits per heavy atom. The second-order valence-corrected chi connectivity index (χ2v) is 9.01. The highest BCUT2D eigenvalue weighted by Gasteiger charge is 2.21. The lowest BCUT2D eigenvalue weighted by atomic mass is 10.1. The minimum absolute atomic E-state index is 0.159. The van der Waals surface area contributed by atoms with Crippen molar-refractivity contribution in [1.82, 2.24) is 10.2 Å². The average Bonchev–Trinajstić information content (AvgIpc) is 3.45. The maximum absolute atomic E-state index is 13.2. The first-order valence-corrected chi connectivity index (χ1v) is 12.9. The predicted octanol–water partition coefficient (Wildman–Crippen LogP) is 3.17. The summed E-state index contributed by atoms with van der Waals surface area (Å²) in [6.07, 6.45) is 2.19. The first-order chi connectivity index (χ1) is 18.0. The Labute approximate surface area is 217 Å². The SMILES string of the molecule is CCOC(=O)c1ccc(NC(=O)Nc2ccc(N3CCCC3)c(C(=O)NCCN3CCOCC3)c2)cc1. The van der Waals surface area contributed by atoms with Gasteiger partial charge in [-0.15, -0.1) is 0 Å². The van der Waals surface area contributed by atoms with Crippen LogP contribution in [0.25, 0.3) is 0 Å². The van der Waals surface area contributed by atoms with Crippen LogP contribution >= 0.6 is 0 Å². The maximum Gasteiger partial charge on any atom is 0.338 e. The molecular weight excluding hydrogens is 474 g/mol. The summed E-state index contributed by atoms with van der Waals surface area (Å²) in [5, 5.41) is 8.60. The lowest BCUT2D eigenvalue weighted by Gasteiger charge is -2.26. The van der Waals surface area contributed by atoms with Gasteiger partial charge in [0.1, 0.15) is 0 Å². The Bertz CT molecular complexity index is 1080. The summed E-state index contributed by atoms with van der Waals surface area (Å²) in [7, 11) is 0. The van der Waals surface area contributed by atoms with E-state index in [1.54, 1.807) is 37.3 Å². The molecule has 198 valence electrons. The Hall–Kier alpha value is -3.63. The van der Waals surface area contributed by atoms with Crippen molar-refractivity contribution in [3.63, 3.8) is 0 Å². The molecule has 2 aromatic carbocycles. The number of rotatable bonds is 9. The van der Waals surface area contributed by atoms with Gasteiger partial charge in [-0.05, 0) is 62.2 Å². The van der Waals surface area contributed by atoms with Crippen LogP contribution in [0.5, 0.6) is 0 Å². The summed E-state index contributed by atoms with van der Waals surface area (Å²) in [6.45, 7) is 8.34. The van der Waals surface area contributed by atoms with Gasteiger partial charge in [0.2, 0.25) is 0 Å². The summed E-state index contributed by atoms with van der Waals surface area (Å²) in [6, 6.07) is 11.4. The second kappa shape index (κ2) is 13.1. The van der Waals surface area contributed by atoms with E-state index in [2.05, 4.69) is 25.8 Å². The lowest BCUT2D eigenvalue weighted by Crippen LogP contribution is -2.41. The topological polar surface area (TPSA) is 112 Å². The average molecular weight is 510 g/mol. The first-order valence-electron chi connectivity index (χ1n) is 12.9. The molecule has 0 aromatic heterocycles. The van der Waals surface area contributed by atoms with Crippen molar-refractivity contribution < 1.29 is 23.9 Å². The van der Waals surface area contributed by atoms with E-state index in [-0.39, 0.29) is 5.91 Å². The van der Waals surface area contributed by atoms with Crippen molar-refractivity contribution in [2.45, 2.75) is 19.8 Å². The molecule has 0 spiro atoms. The number of anilines is 3. The van der Waals surface area contributed by atoms with Crippen LogP contribution in [0.4, 0.5) is 21.9 Å². The molecule has 10 heteroatoms. The van der Waals surface area contributed by atoms with E-state index < -0.39 is 12.0 Å². The normalized spacial score (nSPS) is 15.8. The number of ether oxygens (including phenoxy) is 2. The zero-order valence-electron chi connectivity index (χ0n) is 21.3. The smallest absolute Gasteiger partial charge is 0.338 e. The fraction of sp³-hybridized carbons (Fsp3) is 0.444. The van der Waals surface area contributed by atoms with Crippen molar-refractivity contribution >= 4 is 35.0 Å². The third-order valence-electron chi connectivity index (χ3n) is 6.42. The molecule has 37 heavy (non-hydrogen) atoms. The Morgan fingerprint density at radius 3 is 2.30 bits per heavy atom. The van der Waals surface area contributed by atoms with Crippen LogP contribution in [-0.2, 0) is 9.47 Å². The summed E-state index contributed by atoms with van der Waals surface area (Å²) >= 11 is 0. The lowest BCUT2D eigenvalue weighted by molar-refractivity contribution is 0.0383. The molecule has 3 N–H and O–H groups in total. The number of amides is 3. The Morgan fingerprint density at radius 2 is 1.59 bits per heavy atom. The van der Waals surface area contributed by atoms with Crippen molar-refractivity contribution in [2.75, 3.05) is 74.6 Å². The fourth-order valence-corrected chi connectivity index (χ4v) is 4.47. The number of hydrogen-bond donors (Lipinski definition) is 3. The Kier molecular flexibility index (Phi) is 9.34. The van der Waals surface area contributed by atoms with Gasteiger partial charge in [0, 0.05) is 56.3 Å². The van der Waals surface area contributed by atoms with Gasteiger partial charge in [-0.25, -0.2) is 9.59 Å². The maximum atomic E-state index is 13.2. The van der Waals surface area contributed by atoms with Gasteiger partial charge in [0.25, 0.3) is 5.91 Å². The van der Waals surface area contributed by atoms with Crippen LogP contribution in [0.1, 0.15) is 40.5 Å². The van der Waals surface area contributed by atoms with E-state index in [1.807, 2.05) is 12.1 Å². The van der Waals surface area contributed by atoms with E-state index in [0.717, 1.165) is 64.5 Å². The van der Waals surface area contributed by atoms with Crippen molar-refractivity contribution in [3.8, 4) is 0 Å². The molecule has 0 saturated carbocycles. The molecule has 2 heterocycles. The van der Waals surface area contributed by atoms with Crippen LogP contribution in [0.15, 0.2) is 42.5 Å². The van der Waals surface area contributed by atoms with Crippen LogP contribution in [0.3, 0.4) is 0 Å². The standard InChI is InChI=1S/C27H35N5O5/c1-2-37-26(34)20-5-7-21(8-6-20)29-27(35)30-22-9-10-24(32-12-3-4-13-32)23(19-22)25(33)28-11-14-31-15-17-36-18-16-31/h5-10,19H,2-4,11-18H2,1H3,(H,28,33)(H2,29,30,35). The number of hydrogen-bond acceptors (Lipinski definition) is 7. The first kappa shape index (κ1) is 26.4. The van der Waals surface area contributed by atoms with Crippen LogP contribution in [0, 0.1) is 0 Å². The van der Waals surface area contributed by atoms with Gasteiger partial charge in [-0.2, -0.15) is 0 Å². The molecule has 0 radical (unpaired) electrons. The highest BCUT2D eigenvalue weighted by atomic mass is 16.5. The minimum Gasteiger partial charge on any atom is -0.462 e. The molecule has 0 aliphatic carbocycles. The van der Waals surface area contributed by atoms with Gasteiger partial charge in [-0.1, -0.05) is 0 Å². The van der Waals surface area contributed by atoms with E-state index >= 15 is 0 Å². The molecule has 3 amide bonds. The quantitative estimate of drug-likeness (QED) is 0.445. The number of benzene rings is 2. The molecule has 0 unspecified atom stereocenters. The number of carbonyl (C=O) groups excluding carboxylic acids is 3. The zero-order chi connectivity index (χ0) is 26.0. The summed E-state index contributed by atoms with van der Waals surface area (Å²) in [4.78, 5) is 42.1. The van der Waals surface area contributed by atoms with Gasteiger partial charge < -0.3 is 30.3 Å². The van der Waals surface area contributed by atoms with Crippen LogP contribution in [-0.4, -0.2) is 81.9 Å². The molecule has 2 aromatic rings. The van der Waals surface area contributed by atoms with Crippen molar-refractivity contribution in [3.05, 3.63) is 53.6 Å². The molecule has 0 bridgehead atoms. The number of nitrogens with one attached hydrogen (secondary N) is 3.